The molecule has 0 aromatic carbocycles. The number of hydrogen-bond acceptors (Lipinski definition) is 5. The van der Waals surface area contributed by atoms with Crippen LogP contribution in [0.15, 0.2) is 18.2 Å². The molecule has 4 N–H and O–H groups in total. The standard InChI is InChI=1S/C10H14N4O3S/c11-8-2-1-3-9(13-8)14-5-7(4-10(14)15)6-18(12,16)17/h1-3,7H,4-6H2,(H2,11,13)(H2,12,16,17). The summed E-state index contributed by atoms with van der Waals surface area (Å²) in [5.41, 5.74) is 5.54. The maximum atomic E-state index is 11.8. The Balaban J connectivity index is 2.15. The second-order valence-electron chi connectivity index (χ2n) is 4.32. The molecule has 0 spiro atoms. The van der Waals surface area contributed by atoms with Crippen LogP contribution < -0.4 is 15.8 Å². The number of aromatic nitrogens is 1. The third kappa shape index (κ3) is 2.96. The van der Waals surface area contributed by atoms with Crippen molar-refractivity contribution in [1.29, 1.82) is 0 Å². The Morgan fingerprint density at radius 3 is 2.78 bits per heavy atom. The van der Waals surface area contributed by atoms with Crippen LogP contribution in [0.25, 0.3) is 0 Å². The molecule has 0 aliphatic carbocycles. The first kappa shape index (κ1) is 12.8. The van der Waals surface area contributed by atoms with E-state index in [0.717, 1.165) is 0 Å². The van der Waals surface area contributed by atoms with Crippen LogP contribution in [0, 0.1) is 5.92 Å². The Bertz CT molecular complexity index is 572. The van der Waals surface area contributed by atoms with E-state index >= 15 is 0 Å². The van der Waals surface area contributed by atoms with E-state index in [9.17, 15) is 13.2 Å². The summed E-state index contributed by atoms with van der Waals surface area (Å²) in [5.74, 6) is 0.0991. The average molecular weight is 270 g/mol. The largest absolute Gasteiger partial charge is 0.384 e. The van der Waals surface area contributed by atoms with Gasteiger partial charge in [0.15, 0.2) is 0 Å². The van der Waals surface area contributed by atoms with Crippen LogP contribution >= 0.6 is 0 Å². The Hall–Kier alpha value is -1.67. The lowest BCUT2D eigenvalue weighted by molar-refractivity contribution is -0.117. The van der Waals surface area contributed by atoms with E-state index in [-0.39, 0.29) is 24.0 Å². The third-order valence-corrected chi connectivity index (χ3v) is 3.64. The van der Waals surface area contributed by atoms with Crippen molar-refractivity contribution in [2.75, 3.05) is 22.9 Å². The summed E-state index contributed by atoms with van der Waals surface area (Å²) >= 11 is 0. The molecule has 1 saturated heterocycles. The molecule has 1 aromatic heterocycles. The molecule has 1 aliphatic rings. The van der Waals surface area contributed by atoms with E-state index in [4.69, 9.17) is 10.9 Å². The van der Waals surface area contributed by atoms with Crippen LogP contribution in [-0.4, -0.2) is 31.6 Å². The van der Waals surface area contributed by atoms with Gasteiger partial charge in [-0.1, -0.05) is 6.07 Å². The SMILES string of the molecule is Nc1cccc(N2CC(CS(N)(=O)=O)CC2=O)n1. The van der Waals surface area contributed by atoms with Crippen LogP contribution in [0.5, 0.6) is 0 Å². The lowest BCUT2D eigenvalue weighted by atomic mass is 10.1. The summed E-state index contributed by atoms with van der Waals surface area (Å²) in [4.78, 5) is 17.3. The number of amides is 1. The molecule has 1 fully saturated rings. The topological polar surface area (TPSA) is 119 Å². The summed E-state index contributed by atoms with van der Waals surface area (Å²) < 4.78 is 22.0. The molecule has 8 heteroatoms. The summed E-state index contributed by atoms with van der Waals surface area (Å²) in [7, 11) is -3.57. The number of primary sulfonamides is 1. The van der Waals surface area contributed by atoms with Crippen molar-refractivity contribution in [2.45, 2.75) is 6.42 Å². The van der Waals surface area contributed by atoms with Gasteiger partial charge in [-0.3, -0.25) is 9.69 Å². The Morgan fingerprint density at radius 1 is 1.44 bits per heavy atom. The van der Waals surface area contributed by atoms with Gasteiger partial charge in [-0.05, 0) is 12.1 Å². The molecule has 98 valence electrons. The highest BCUT2D eigenvalue weighted by atomic mass is 32.2. The summed E-state index contributed by atoms with van der Waals surface area (Å²) in [6.07, 6.45) is 0.160. The number of nitrogens with zero attached hydrogens (tertiary/aromatic N) is 2. The number of carbonyl (C=O) groups excluding carboxylic acids is 1. The lowest BCUT2D eigenvalue weighted by Gasteiger charge is -2.15. The lowest BCUT2D eigenvalue weighted by Crippen LogP contribution is -2.28. The second kappa shape index (κ2) is 4.54. The number of carbonyl (C=O) groups is 1. The van der Waals surface area contributed by atoms with Crippen molar-refractivity contribution in [1.82, 2.24) is 4.98 Å². The zero-order chi connectivity index (χ0) is 13.3. The van der Waals surface area contributed by atoms with Crippen molar-refractivity contribution in [3.63, 3.8) is 0 Å². The molecule has 0 saturated carbocycles. The zero-order valence-electron chi connectivity index (χ0n) is 9.61. The highest BCUT2D eigenvalue weighted by Crippen LogP contribution is 2.24. The Kier molecular flexibility index (Phi) is 3.22. The summed E-state index contributed by atoms with van der Waals surface area (Å²) in [6, 6.07) is 4.97. The zero-order valence-corrected chi connectivity index (χ0v) is 10.4. The molecule has 2 rings (SSSR count). The van der Waals surface area contributed by atoms with Gasteiger partial charge in [0.05, 0.1) is 5.75 Å². The van der Waals surface area contributed by atoms with Gasteiger partial charge < -0.3 is 5.73 Å². The molecule has 18 heavy (non-hydrogen) atoms. The van der Waals surface area contributed by atoms with Crippen LogP contribution in [0.2, 0.25) is 0 Å². The van der Waals surface area contributed by atoms with Gasteiger partial charge in [0.1, 0.15) is 11.6 Å². The van der Waals surface area contributed by atoms with E-state index in [1.54, 1.807) is 18.2 Å². The highest BCUT2D eigenvalue weighted by molar-refractivity contribution is 7.89. The van der Waals surface area contributed by atoms with Crippen LogP contribution in [0.4, 0.5) is 11.6 Å². The van der Waals surface area contributed by atoms with Gasteiger partial charge >= 0.3 is 0 Å². The van der Waals surface area contributed by atoms with E-state index in [1.807, 2.05) is 0 Å². The first-order chi connectivity index (χ1) is 8.35. The smallest absolute Gasteiger partial charge is 0.228 e. The van der Waals surface area contributed by atoms with Gasteiger partial charge in [0.2, 0.25) is 15.9 Å². The number of nitrogens with two attached hydrogens (primary N) is 2. The molecule has 1 unspecified atom stereocenters. The van der Waals surface area contributed by atoms with E-state index < -0.39 is 10.0 Å². The minimum Gasteiger partial charge on any atom is -0.384 e. The molecule has 2 heterocycles. The number of sulfonamides is 1. The summed E-state index contributed by atoms with van der Waals surface area (Å²) in [6.45, 7) is 0.297. The third-order valence-electron chi connectivity index (χ3n) is 2.71. The maximum absolute atomic E-state index is 11.8. The van der Waals surface area contributed by atoms with E-state index in [2.05, 4.69) is 4.98 Å². The predicted molar refractivity (Wildman–Crippen MR) is 67.1 cm³/mol. The first-order valence-corrected chi connectivity index (χ1v) is 7.10. The Labute approximate surface area is 105 Å². The van der Waals surface area contributed by atoms with Gasteiger partial charge in [-0.15, -0.1) is 0 Å². The number of anilines is 2. The monoisotopic (exact) mass is 270 g/mol. The summed E-state index contributed by atoms with van der Waals surface area (Å²) in [5, 5.41) is 4.98. The van der Waals surface area contributed by atoms with Gasteiger partial charge in [-0.2, -0.15) is 0 Å². The normalized spacial score (nSPS) is 20.4. The molecular weight excluding hydrogens is 256 g/mol. The average Bonchev–Trinajstić information content (AvgIpc) is 2.56. The fourth-order valence-corrected chi connectivity index (χ4v) is 2.91. The molecule has 1 atom stereocenters. The molecule has 0 radical (unpaired) electrons. The molecule has 1 amide bonds. The first-order valence-electron chi connectivity index (χ1n) is 5.38. The van der Waals surface area contributed by atoms with Crippen LogP contribution in [-0.2, 0) is 14.8 Å². The quantitative estimate of drug-likeness (QED) is 0.753. The van der Waals surface area contributed by atoms with Crippen molar-refractivity contribution in [2.24, 2.45) is 11.1 Å². The maximum Gasteiger partial charge on any atom is 0.228 e. The molecule has 7 nitrogen and oxygen atoms in total. The fraction of sp³-hybridized carbons (Fsp3) is 0.400. The minimum absolute atomic E-state index is 0.160. The van der Waals surface area contributed by atoms with Gasteiger partial charge in [0, 0.05) is 18.9 Å². The molecule has 1 aliphatic heterocycles. The predicted octanol–water partition coefficient (Wildman–Crippen LogP) is -0.695. The molecular formula is C10H14N4O3S. The van der Waals surface area contributed by atoms with Crippen molar-refractivity contribution in [3.05, 3.63) is 18.2 Å². The second-order valence-corrected chi connectivity index (χ2v) is 5.98. The van der Waals surface area contributed by atoms with Crippen molar-refractivity contribution in [3.8, 4) is 0 Å². The fourth-order valence-electron chi connectivity index (χ4n) is 2.03. The number of rotatable bonds is 3. The minimum atomic E-state index is -3.57. The van der Waals surface area contributed by atoms with Gasteiger partial charge in [-0.25, -0.2) is 18.5 Å². The van der Waals surface area contributed by atoms with Crippen molar-refractivity contribution < 1.29 is 13.2 Å². The Morgan fingerprint density at radius 2 is 2.17 bits per heavy atom. The van der Waals surface area contributed by atoms with Crippen molar-refractivity contribution >= 4 is 27.6 Å². The van der Waals surface area contributed by atoms with Crippen LogP contribution in [0.1, 0.15) is 6.42 Å². The number of pyridine rings is 1. The van der Waals surface area contributed by atoms with Gasteiger partial charge in [0.25, 0.3) is 0 Å². The number of hydrogen-bond donors (Lipinski definition) is 2. The van der Waals surface area contributed by atoms with Crippen LogP contribution in [0.3, 0.4) is 0 Å². The molecule has 0 bridgehead atoms. The van der Waals surface area contributed by atoms with E-state index in [1.165, 1.54) is 4.90 Å². The molecule has 1 aromatic rings. The number of nitrogen functional groups attached to an aromatic ring is 1. The highest BCUT2D eigenvalue weighted by Gasteiger charge is 2.33. The van der Waals surface area contributed by atoms with E-state index in [0.29, 0.717) is 18.2 Å².